The molecular formula is C14H22N6O3S. The van der Waals surface area contributed by atoms with E-state index >= 15 is 0 Å². The van der Waals surface area contributed by atoms with E-state index in [1.54, 1.807) is 37.4 Å². The summed E-state index contributed by atoms with van der Waals surface area (Å²) in [6, 6.07) is -0.489. The molecule has 1 atom stereocenters. The summed E-state index contributed by atoms with van der Waals surface area (Å²) >= 11 is 0. The molecule has 0 saturated heterocycles. The Balaban J connectivity index is 2.10. The van der Waals surface area contributed by atoms with Crippen LogP contribution in [-0.2, 0) is 35.3 Å². The number of sulfonamides is 1. The van der Waals surface area contributed by atoms with E-state index in [-0.39, 0.29) is 11.5 Å². The maximum Gasteiger partial charge on any atom is 0.247 e. The summed E-state index contributed by atoms with van der Waals surface area (Å²) < 4.78 is 36.6. The van der Waals surface area contributed by atoms with Gasteiger partial charge in [0.1, 0.15) is 10.6 Å². The number of ether oxygens (including phenoxy) is 1. The van der Waals surface area contributed by atoms with Crippen molar-refractivity contribution >= 4 is 10.0 Å². The van der Waals surface area contributed by atoms with Crippen LogP contribution in [0.1, 0.15) is 28.8 Å². The molecule has 24 heavy (non-hydrogen) atoms. The Labute approximate surface area is 141 Å². The first kappa shape index (κ1) is 17.1. The summed E-state index contributed by atoms with van der Waals surface area (Å²) in [4.78, 5) is 0.262. The molecule has 2 aromatic heterocycles. The van der Waals surface area contributed by atoms with E-state index in [1.165, 1.54) is 4.31 Å². The van der Waals surface area contributed by atoms with Gasteiger partial charge in [0.15, 0.2) is 0 Å². The van der Waals surface area contributed by atoms with E-state index < -0.39 is 16.1 Å². The number of aromatic nitrogens is 5. The normalized spacial score (nSPS) is 18.8. The Kier molecular flexibility index (Phi) is 4.22. The fourth-order valence-electron chi connectivity index (χ4n) is 3.30. The van der Waals surface area contributed by atoms with Gasteiger partial charge in [-0.3, -0.25) is 9.36 Å². The molecule has 1 aliphatic heterocycles. The van der Waals surface area contributed by atoms with Gasteiger partial charge < -0.3 is 4.74 Å². The number of nitrogens with zero attached hydrogens (tertiary/aromatic N) is 6. The van der Waals surface area contributed by atoms with Crippen molar-refractivity contribution in [3.63, 3.8) is 0 Å². The minimum absolute atomic E-state index is 0.225. The lowest BCUT2D eigenvalue weighted by molar-refractivity contribution is 0.125. The molecule has 0 saturated carbocycles. The summed E-state index contributed by atoms with van der Waals surface area (Å²) in [5.74, 6) is 0. The quantitative estimate of drug-likeness (QED) is 0.773. The molecule has 2 aromatic rings. The van der Waals surface area contributed by atoms with Crippen LogP contribution in [0.5, 0.6) is 0 Å². The zero-order valence-electron chi connectivity index (χ0n) is 14.5. The van der Waals surface area contributed by atoms with Crippen LogP contribution in [-0.4, -0.2) is 57.8 Å². The van der Waals surface area contributed by atoms with E-state index in [1.807, 2.05) is 7.05 Å². The zero-order valence-corrected chi connectivity index (χ0v) is 15.3. The maximum atomic E-state index is 13.3. The van der Waals surface area contributed by atoms with E-state index in [9.17, 15) is 8.42 Å². The largest absolute Gasteiger partial charge is 0.383 e. The summed E-state index contributed by atoms with van der Waals surface area (Å²) in [6.07, 6.45) is 0.566. The number of methoxy groups -OCH3 is 1. The number of hydrogen-bond acceptors (Lipinski definition) is 6. The molecule has 9 nitrogen and oxygen atoms in total. The second-order valence-electron chi connectivity index (χ2n) is 6.01. The lowest BCUT2D eigenvalue weighted by Crippen LogP contribution is -2.42. The molecule has 0 N–H and O–H groups in total. The van der Waals surface area contributed by atoms with Gasteiger partial charge in [-0.2, -0.15) is 9.40 Å². The summed E-state index contributed by atoms with van der Waals surface area (Å²) in [6.45, 7) is 4.06. The maximum absolute atomic E-state index is 13.3. The Morgan fingerprint density at radius 3 is 2.54 bits per heavy atom. The van der Waals surface area contributed by atoms with Crippen LogP contribution in [0.2, 0.25) is 0 Å². The number of fused-ring (bicyclic) bond motifs is 1. The molecular weight excluding hydrogens is 332 g/mol. The average Bonchev–Trinajstić information content (AvgIpc) is 3.00. The molecule has 0 aromatic carbocycles. The van der Waals surface area contributed by atoms with Crippen LogP contribution in [0.3, 0.4) is 0 Å². The van der Waals surface area contributed by atoms with Crippen LogP contribution in [0.15, 0.2) is 4.90 Å². The van der Waals surface area contributed by atoms with Gasteiger partial charge in [-0.15, -0.1) is 5.10 Å². The topological polar surface area (TPSA) is 95.1 Å². The minimum atomic E-state index is -3.71. The van der Waals surface area contributed by atoms with Gasteiger partial charge in [-0.05, 0) is 13.8 Å². The molecule has 1 aliphatic rings. The van der Waals surface area contributed by atoms with E-state index in [0.717, 1.165) is 5.69 Å². The number of hydrogen-bond donors (Lipinski definition) is 0. The molecule has 10 heteroatoms. The molecule has 0 bridgehead atoms. The van der Waals surface area contributed by atoms with Crippen LogP contribution < -0.4 is 0 Å². The van der Waals surface area contributed by atoms with Crippen LogP contribution in [0.25, 0.3) is 0 Å². The standard InChI is InChI=1S/C14H22N6O3S/c1-9-14(10(2)18(3)16-9)24(21,22)20-7-6-11-13(12(20)8-23-5)15-17-19(11)4/h12H,6-8H2,1-5H3. The van der Waals surface area contributed by atoms with Gasteiger partial charge in [-0.25, -0.2) is 8.42 Å². The third-order valence-electron chi connectivity index (χ3n) is 4.54. The molecule has 0 aliphatic carbocycles. The predicted octanol–water partition coefficient (Wildman–Crippen LogP) is 0.0999. The van der Waals surface area contributed by atoms with Gasteiger partial charge in [0.2, 0.25) is 10.0 Å². The minimum Gasteiger partial charge on any atom is -0.383 e. The third-order valence-corrected chi connectivity index (χ3v) is 6.70. The predicted molar refractivity (Wildman–Crippen MR) is 85.9 cm³/mol. The third kappa shape index (κ3) is 2.45. The molecule has 0 amide bonds. The molecule has 0 fully saturated rings. The first-order valence-electron chi connectivity index (χ1n) is 7.68. The Bertz CT molecular complexity index is 869. The highest BCUT2D eigenvalue weighted by molar-refractivity contribution is 7.89. The molecule has 0 spiro atoms. The summed E-state index contributed by atoms with van der Waals surface area (Å²) in [5, 5.41) is 12.4. The fraction of sp³-hybridized carbons (Fsp3) is 0.643. The van der Waals surface area contributed by atoms with Crippen molar-refractivity contribution in [2.45, 2.75) is 31.2 Å². The van der Waals surface area contributed by atoms with Crippen LogP contribution in [0.4, 0.5) is 0 Å². The average molecular weight is 354 g/mol. The monoisotopic (exact) mass is 354 g/mol. The first-order valence-corrected chi connectivity index (χ1v) is 9.12. The van der Waals surface area contributed by atoms with Gasteiger partial charge in [-0.1, -0.05) is 5.21 Å². The van der Waals surface area contributed by atoms with E-state index in [2.05, 4.69) is 15.4 Å². The lowest BCUT2D eigenvalue weighted by atomic mass is 10.1. The smallest absolute Gasteiger partial charge is 0.247 e. The van der Waals surface area contributed by atoms with E-state index in [4.69, 9.17) is 4.74 Å². The number of aryl methyl sites for hydroxylation is 3. The van der Waals surface area contributed by atoms with Crippen molar-refractivity contribution in [3.05, 3.63) is 22.8 Å². The van der Waals surface area contributed by atoms with Crippen molar-refractivity contribution in [1.82, 2.24) is 29.1 Å². The fourth-order valence-corrected chi connectivity index (χ4v) is 5.28. The Morgan fingerprint density at radius 2 is 1.96 bits per heavy atom. The Hall–Kier alpha value is -1.78. The molecule has 0 radical (unpaired) electrons. The lowest BCUT2D eigenvalue weighted by Gasteiger charge is -2.33. The zero-order chi connectivity index (χ0) is 17.6. The van der Waals surface area contributed by atoms with Gasteiger partial charge in [0, 0.05) is 34.2 Å². The van der Waals surface area contributed by atoms with Crippen molar-refractivity contribution in [2.75, 3.05) is 20.3 Å². The highest BCUT2D eigenvalue weighted by Gasteiger charge is 2.41. The van der Waals surface area contributed by atoms with Gasteiger partial charge in [0.05, 0.1) is 29.7 Å². The molecule has 3 heterocycles. The highest BCUT2D eigenvalue weighted by atomic mass is 32.2. The Morgan fingerprint density at radius 1 is 1.25 bits per heavy atom. The second kappa shape index (κ2) is 5.94. The van der Waals surface area contributed by atoms with Crippen molar-refractivity contribution in [1.29, 1.82) is 0 Å². The molecule has 132 valence electrons. The van der Waals surface area contributed by atoms with Gasteiger partial charge >= 0.3 is 0 Å². The SMILES string of the molecule is COCC1c2nnn(C)c2CCN1S(=O)(=O)c1c(C)nn(C)c1C. The molecule has 1 unspecified atom stereocenters. The second-order valence-corrected chi connectivity index (χ2v) is 7.83. The summed E-state index contributed by atoms with van der Waals surface area (Å²) in [7, 11) is 1.39. The molecule has 3 rings (SSSR count). The van der Waals surface area contributed by atoms with Crippen molar-refractivity contribution in [2.24, 2.45) is 14.1 Å². The van der Waals surface area contributed by atoms with Gasteiger partial charge in [0.25, 0.3) is 0 Å². The van der Waals surface area contributed by atoms with Crippen LogP contribution >= 0.6 is 0 Å². The van der Waals surface area contributed by atoms with E-state index in [0.29, 0.717) is 30.0 Å². The van der Waals surface area contributed by atoms with Crippen LogP contribution in [0, 0.1) is 13.8 Å². The number of rotatable bonds is 4. The summed E-state index contributed by atoms with van der Waals surface area (Å²) in [5.41, 5.74) is 2.72. The first-order chi connectivity index (χ1) is 11.3. The highest BCUT2D eigenvalue weighted by Crippen LogP contribution is 2.34. The van der Waals surface area contributed by atoms with Crippen molar-refractivity contribution < 1.29 is 13.2 Å². The van der Waals surface area contributed by atoms with Crippen molar-refractivity contribution in [3.8, 4) is 0 Å².